The van der Waals surface area contributed by atoms with Gasteiger partial charge in [0, 0.05) is 20.1 Å². The van der Waals surface area contributed by atoms with Gasteiger partial charge in [-0.1, -0.05) is 24.3 Å². The van der Waals surface area contributed by atoms with Crippen LogP contribution < -0.4 is 15.4 Å². The first kappa shape index (κ1) is 20.2. The van der Waals surface area contributed by atoms with Crippen LogP contribution in [0.5, 0.6) is 0 Å². The quantitative estimate of drug-likeness (QED) is 0.503. The molecule has 136 valence electrons. The summed E-state index contributed by atoms with van der Waals surface area (Å²) in [5.74, 6) is 0.100. The van der Waals surface area contributed by atoms with Crippen LogP contribution >= 0.6 is 0 Å². The molecule has 0 radical (unpaired) electrons. The standard InChI is InChI=1S/C14H21F3N4O2S/c1-18-13(20-7-6-14(15,16)17)21-9-11-4-3-5-12(8-11)10-24(22,23)19-2/h3-5,8,19H,6-7,9-10H2,1-2H3,(H2,18,20,21). The SMILES string of the molecule is CN=C(NCCC(F)(F)F)NCc1cccc(CS(=O)(=O)NC)c1. The highest BCUT2D eigenvalue weighted by Crippen LogP contribution is 2.18. The summed E-state index contributed by atoms with van der Waals surface area (Å²) >= 11 is 0. The van der Waals surface area contributed by atoms with Gasteiger partial charge in [-0.05, 0) is 18.2 Å². The van der Waals surface area contributed by atoms with Gasteiger partial charge in [0.25, 0.3) is 0 Å². The van der Waals surface area contributed by atoms with Crippen molar-refractivity contribution in [2.75, 3.05) is 20.6 Å². The third-order valence-electron chi connectivity index (χ3n) is 3.04. The Balaban J connectivity index is 2.57. The Labute approximate surface area is 139 Å². The van der Waals surface area contributed by atoms with E-state index >= 15 is 0 Å². The molecule has 0 atom stereocenters. The molecular weight excluding hydrogens is 345 g/mol. The molecule has 0 saturated carbocycles. The van der Waals surface area contributed by atoms with Gasteiger partial charge in [0.15, 0.2) is 5.96 Å². The Morgan fingerprint density at radius 1 is 1.21 bits per heavy atom. The molecule has 0 amide bonds. The van der Waals surface area contributed by atoms with E-state index in [-0.39, 0.29) is 18.3 Å². The molecule has 0 aliphatic carbocycles. The number of nitrogens with one attached hydrogen (secondary N) is 3. The van der Waals surface area contributed by atoms with Crippen molar-refractivity contribution in [2.24, 2.45) is 4.99 Å². The first-order valence-corrected chi connectivity index (χ1v) is 8.81. The molecule has 0 heterocycles. The molecule has 0 aromatic heterocycles. The van der Waals surface area contributed by atoms with Crippen LogP contribution in [0.15, 0.2) is 29.3 Å². The number of guanidine groups is 1. The highest BCUT2D eigenvalue weighted by Gasteiger charge is 2.26. The number of aliphatic imine (C=N–C) groups is 1. The van der Waals surface area contributed by atoms with Gasteiger partial charge in [-0.3, -0.25) is 4.99 Å². The maximum Gasteiger partial charge on any atom is 0.390 e. The molecule has 0 fully saturated rings. The number of hydrogen-bond acceptors (Lipinski definition) is 3. The van der Waals surface area contributed by atoms with Crippen LogP contribution in [-0.4, -0.2) is 41.2 Å². The smallest absolute Gasteiger partial charge is 0.356 e. The maximum atomic E-state index is 12.1. The van der Waals surface area contributed by atoms with Crippen molar-refractivity contribution in [2.45, 2.75) is 24.9 Å². The molecule has 24 heavy (non-hydrogen) atoms. The Bertz CT molecular complexity index is 660. The van der Waals surface area contributed by atoms with Gasteiger partial charge >= 0.3 is 6.18 Å². The number of sulfonamides is 1. The minimum absolute atomic E-state index is 0.143. The molecule has 0 unspecified atom stereocenters. The predicted octanol–water partition coefficient (Wildman–Crippen LogP) is 1.35. The van der Waals surface area contributed by atoms with E-state index in [0.717, 1.165) is 5.56 Å². The molecule has 0 aliphatic heterocycles. The summed E-state index contributed by atoms with van der Waals surface area (Å²) in [7, 11) is -0.562. The zero-order valence-electron chi connectivity index (χ0n) is 13.4. The van der Waals surface area contributed by atoms with Gasteiger partial charge in [-0.15, -0.1) is 0 Å². The normalized spacial score (nSPS) is 13.0. The summed E-state index contributed by atoms with van der Waals surface area (Å²) in [5, 5.41) is 5.45. The van der Waals surface area contributed by atoms with Crippen LogP contribution in [-0.2, 0) is 22.3 Å². The van der Waals surface area contributed by atoms with Gasteiger partial charge in [0.1, 0.15) is 0 Å². The molecule has 1 aromatic rings. The van der Waals surface area contributed by atoms with Crippen LogP contribution in [0, 0.1) is 0 Å². The highest BCUT2D eigenvalue weighted by molar-refractivity contribution is 7.88. The molecule has 0 aliphatic rings. The van der Waals surface area contributed by atoms with E-state index in [1.807, 2.05) is 0 Å². The molecule has 6 nitrogen and oxygen atoms in total. The van der Waals surface area contributed by atoms with Crippen molar-refractivity contribution in [3.63, 3.8) is 0 Å². The summed E-state index contributed by atoms with van der Waals surface area (Å²) in [6, 6.07) is 6.91. The van der Waals surface area contributed by atoms with E-state index in [4.69, 9.17) is 0 Å². The first-order chi connectivity index (χ1) is 11.1. The second-order valence-corrected chi connectivity index (χ2v) is 6.93. The number of hydrogen-bond donors (Lipinski definition) is 3. The lowest BCUT2D eigenvalue weighted by Gasteiger charge is -2.13. The topological polar surface area (TPSA) is 82.6 Å². The second kappa shape index (κ2) is 8.88. The number of benzene rings is 1. The fourth-order valence-corrected chi connectivity index (χ4v) is 2.61. The number of nitrogens with zero attached hydrogens (tertiary/aromatic N) is 1. The minimum atomic E-state index is -4.22. The van der Waals surface area contributed by atoms with Gasteiger partial charge in [-0.25, -0.2) is 13.1 Å². The average Bonchev–Trinajstić information content (AvgIpc) is 2.49. The molecular formula is C14H21F3N4O2S. The predicted molar refractivity (Wildman–Crippen MR) is 87.0 cm³/mol. The van der Waals surface area contributed by atoms with E-state index in [2.05, 4.69) is 20.3 Å². The van der Waals surface area contributed by atoms with Crippen molar-refractivity contribution in [1.82, 2.24) is 15.4 Å². The fourth-order valence-electron chi connectivity index (χ4n) is 1.85. The molecule has 10 heteroatoms. The van der Waals surface area contributed by atoms with E-state index in [1.54, 1.807) is 24.3 Å². The van der Waals surface area contributed by atoms with Crippen LogP contribution in [0.25, 0.3) is 0 Å². The van der Waals surface area contributed by atoms with Crippen molar-refractivity contribution in [3.8, 4) is 0 Å². The van der Waals surface area contributed by atoms with E-state index < -0.39 is 22.6 Å². The Morgan fingerprint density at radius 2 is 1.88 bits per heavy atom. The van der Waals surface area contributed by atoms with Crippen LogP contribution in [0.2, 0.25) is 0 Å². The summed E-state index contributed by atoms with van der Waals surface area (Å²) in [6.45, 7) is 0.0305. The zero-order chi connectivity index (χ0) is 18.2. The van der Waals surface area contributed by atoms with Crippen LogP contribution in [0.1, 0.15) is 17.5 Å². The van der Waals surface area contributed by atoms with E-state index in [1.165, 1.54) is 14.1 Å². The Kier molecular flexibility index (Phi) is 7.49. The fraction of sp³-hybridized carbons (Fsp3) is 0.500. The third-order valence-corrected chi connectivity index (χ3v) is 4.38. The lowest BCUT2D eigenvalue weighted by Crippen LogP contribution is -2.38. The highest BCUT2D eigenvalue weighted by atomic mass is 32.2. The van der Waals surface area contributed by atoms with Gasteiger partial charge in [0.2, 0.25) is 10.0 Å². The Hall–Kier alpha value is -1.81. The number of alkyl halides is 3. The van der Waals surface area contributed by atoms with E-state index in [9.17, 15) is 21.6 Å². The molecule has 1 rings (SSSR count). The average molecular weight is 366 g/mol. The molecule has 0 saturated heterocycles. The monoisotopic (exact) mass is 366 g/mol. The first-order valence-electron chi connectivity index (χ1n) is 7.15. The number of halogens is 3. The maximum absolute atomic E-state index is 12.1. The largest absolute Gasteiger partial charge is 0.390 e. The summed E-state index contributed by atoms with van der Waals surface area (Å²) in [4.78, 5) is 3.84. The lowest BCUT2D eigenvalue weighted by atomic mass is 10.1. The van der Waals surface area contributed by atoms with Gasteiger partial charge in [0.05, 0.1) is 12.2 Å². The van der Waals surface area contributed by atoms with Crippen molar-refractivity contribution >= 4 is 16.0 Å². The number of rotatable bonds is 7. The summed E-state index contributed by atoms with van der Waals surface area (Å²) in [5.41, 5.74) is 1.40. The molecule has 3 N–H and O–H groups in total. The van der Waals surface area contributed by atoms with Crippen LogP contribution in [0.3, 0.4) is 0 Å². The lowest BCUT2D eigenvalue weighted by molar-refractivity contribution is -0.132. The van der Waals surface area contributed by atoms with Gasteiger partial charge < -0.3 is 10.6 Å². The van der Waals surface area contributed by atoms with Crippen LogP contribution in [0.4, 0.5) is 13.2 Å². The third kappa shape index (κ3) is 8.16. The minimum Gasteiger partial charge on any atom is -0.356 e. The summed E-state index contributed by atoms with van der Waals surface area (Å²) in [6.07, 6.45) is -5.18. The molecule has 1 aromatic carbocycles. The van der Waals surface area contributed by atoms with Gasteiger partial charge in [-0.2, -0.15) is 13.2 Å². The Morgan fingerprint density at radius 3 is 2.46 bits per heavy atom. The second-order valence-electron chi connectivity index (χ2n) is 5.00. The van der Waals surface area contributed by atoms with Crippen molar-refractivity contribution in [1.29, 1.82) is 0 Å². The van der Waals surface area contributed by atoms with E-state index in [0.29, 0.717) is 12.1 Å². The van der Waals surface area contributed by atoms with Crippen molar-refractivity contribution < 1.29 is 21.6 Å². The zero-order valence-corrected chi connectivity index (χ0v) is 14.3. The molecule has 0 spiro atoms. The summed E-state index contributed by atoms with van der Waals surface area (Å²) < 4.78 is 61.7. The molecule has 0 bridgehead atoms. The van der Waals surface area contributed by atoms with Crippen molar-refractivity contribution in [3.05, 3.63) is 35.4 Å².